The van der Waals surface area contributed by atoms with Gasteiger partial charge in [0.25, 0.3) is 0 Å². The van der Waals surface area contributed by atoms with Crippen LogP contribution in [0.4, 0.5) is 17.6 Å². The van der Waals surface area contributed by atoms with Crippen LogP contribution >= 0.6 is 0 Å². The number of alkyl halides is 4. The average Bonchev–Trinajstić information content (AvgIpc) is 2.78. The van der Waals surface area contributed by atoms with Crippen LogP contribution in [-0.2, 0) is 9.59 Å². The van der Waals surface area contributed by atoms with E-state index < -0.39 is 13.2 Å². The topological polar surface area (TPSA) is 59.1 Å². The molecule has 0 aliphatic carbocycles. The van der Waals surface area contributed by atoms with Crippen molar-refractivity contribution >= 4 is 17.9 Å². The molecule has 2 heterocycles. The van der Waals surface area contributed by atoms with Crippen molar-refractivity contribution in [2.24, 2.45) is 5.92 Å². The molecule has 10 heteroatoms. The zero-order valence-electron chi connectivity index (χ0n) is 17.5. The minimum atomic E-state index is -3.17. The molecule has 2 aliphatic rings. The lowest BCUT2D eigenvalue weighted by Crippen LogP contribution is -2.45. The standard InChI is InChI=1S/C22H26F4N2O4/c23-21(24)31-17-6-4-15(18(14-17)32-22(25)26)5-7-19(29)27-12-8-16(9-13-27)20(30)28-10-2-1-3-11-28/h4-7,14,16,21-22H,1-3,8-13H2/b7-5+. The summed E-state index contributed by atoms with van der Waals surface area (Å²) in [6.45, 7) is -3.84. The molecule has 0 unspecified atom stereocenters. The molecule has 0 spiro atoms. The minimum Gasteiger partial charge on any atom is -0.435 e. The Bertz CT molecular complexity index is 820. The molecule has 176 valence electrons. The molecule has 1 aromatic carbocycles. The lowest BCUT2D eigenvalue weighted by Gasteiger charge is -2.35. The zero-order valence-corrected chi connectivity index (χ0v) is 17.5. The third-order valence-electron chi connectivity index (χ3n) is 5.66. The number of halogens is 4. The van der Waals surface area contributed by atoms with Gasteiger partial charge in [0.05, 0.1) is 0 Å². The van der Waals surface area contributed by atoms with Crippen molar-refractivity contribution in [3.8, 4) is 11.5 Å². The van der Waals surface area contributed by atoms with Gasteiger partial charge in [-0.15, -0.1) is 0 Å². The van der Waals surface area contributed by atoms with Gasteiger partial charge in [-0.2, -0.15) is 17.6 Å². The highest BCUT2D eigenvalue weighted by atomic mass is 19.3. The van der Waals surface area contributed by atoms with Crippen molar-refractivity contribution < 1.29 is 36.6 Å². The van der Waals surface area contributed by atoms with E-state index in [-0.39, 0.29) is 34.8 Å². The summed E-state index contributed by atoms with van der Waals surface area (Å²) in [5.41, 5.74) is 0.121. The summed E-state index contributed by atoms with van der Waals surface area (Å²) in [4.78, 5) is 28.7. The van der Waals surface area contributed by atoms with E-state index in [0.717, 1.165) is 38.4 Å². The van der Waals surface area contributed by atoms with Crippen molar-refractivity contribution in [3.05, 3.63) is 29.8 Å². The second kappa shape index (κ2) is 11.2. The predicted molar refractivity (Wildman–Crippen MR) is 108 cm³/mol. The first-order valence-corrected chi connectivity index (χ1v) is 10.6. The molecule has 3 rings (SSSR count). The highest BCUT2D eigenvalue weighted by Gasteiger charge is 2.30. The number of carbonyl (C=O) groups excluding carboxylic acids is 2. The number of carbonyl (C=O) groups is 2. The van der Waals surface area contributed by atoms with Crippen LogP contribution in [0.15, 0.2) is 24.3 Å². The molecule has 0 bridgehead atoms. The summed E-state index contributed by atoms with van der Waals surface area (Å²) < 4.78 is 58.6. The molecule has 0 atom stereocenters. The maximum Gasteiger partial charge on any atom is 0.387 e. The molecular formula is C22H26F4N2O4. The predicted octanol–water partition coefficient (Wildman–Crippen LogP) is 4.15. The number of amides is 2. The van der Waals surface area contributed by atoms with Gasteiger partial charge < -0.3 is 19.3 Å². The summed E-state index contributed by atoms with van der Waals surface area (Å²) in [6, 6.07) is 3.34. The van der Waals surface area contributed by atoms with Crippen LogP contribution < -0.4 is 9.47 Å². The van der Waals surface area contributed by atoms with Crippen LogP contribution in [0.1, 0.15) is 37.7 Å². The Balaban J connectivity index is 1.58. The first kappa shape index (κ1) is 23.9. The number of hydrogen-bond donors (Lipinski definition) is 0. The van der Waals surface area contributed by atoms with E-state index in [9.17, 15) is 27.2 Å². The quantitative estimate of drug-likeness (QED) is 0.455. The number of piperidine rings is 2. The van der Waals surface area contributed by atoms with Gasteiger partial charge >= 0.3 is 13.2 Å². The highest BCUT2D eigenvalue weighted by molar-refractivity contribution is 5.92. The Kier molecular flexibility index (Phi) is 8.35. The molecule has 0 radical (unpaired) electrons. The van der Waals surface area contributed by atoms with Gasteiger partial charge in [0.15, 0.2) is 0 Å². The van der Waals surface area contributed by atoms with E-state index >= 15 is 0 Å². The van der Waals surface area contributed by atoms with Crippen molar-refractivity contribution in [3.63, 3.8) is 0 Å². The summed E-state index contributed by atoms with van der Waals surface area (Å²) in [5, 5.41) is 0. The highest BCUT2D eigenvalue weighted by Crippen LogP contribution is 2.29. The van der Waals surface area contributed by atoms with E-state index in [1.54, 1.807) is 4.90 Å². The fraction of sp³-hybridized carbons (Fsp3) is 0.545. The van der Waals surface area contributed by atoms with Gasteiger partial charge in [-0.3, -0.25) is 9.59 Å². The van der Waals surface area contributed by atoms with Crippen LogP contribution in [0.5, 0.6) is 11.5 Å². The second-order valence-electron chi connectivity index (χ2n) is 7.78. The minimum absolute atomic E-state index is 0.0884. The molecular weight excluding hydrogens is 432 g/mol. The van der Waals surface area contributed by atoms with Crippen LogP contribution in [0.3, 0.4) is 0 Å². The second-order valence-corrected chi connectivity index (χ2v) is 7.78. The maximum atomic E-state index is 12.7. The van der Waals surface area contributed by atoms with Crippen molar-refractivity contribution in [1.82, 2.24) is 9.80 Å². The van der Waals surface area contributed by atoms with E-state index in [1.165, 1.54) is 24.3 Å². The number of likely N-dealkylation sites (tertiary alicyclic amines) is 2. The van der Waals surface area contributed by atoms with E-state index in [2.05, 4.69) is 9.47 Å². The van der Waals surface area contributed by atoms with Gasteiger partial charge in [0.1, 0.15) is 11.5 Å². The third-order valence-corrected chi connectivity index (χ3v) is 5.66. The SMILES string of the molecule is O=C(/C=C/c1ccc(OC(F)F)cc1OC(F)F)N1CCC(C(=O)N2CCCCC2)CC1. The van der Waals surface area contributed by atoms with Crippen LogP contribution in [0.2, 0.25) is 0 Å². The normalized spacial score (nSPS) is 17.9. The fourth-order valence-electron chi connectivity index (χ4n) is 4.01. The Labute approximate surface area is 183 Å². The Morgan fingerprint density at radius 3 is 2.19 bits per heavy atom. The average molecular weight is 458 g/mol. The molecule has 1 aromatic rings. The molecule has 0 aromatic heterocycles. The van der Waals surface area contributed by atoms with E-state index in [1.807, 2.05) is 4.90 Å². The van der Waals surface area contributed by atoms with Gasteiger partial charge in [0, 0.05) is 49.8 Å². The maximum absolute atomic E-state index is 12.7. The summed E-state index contributed by atoms with van der Waals surface area (Å²) in [6.07, 6.45) is 6.86. The van der Waals surface area contributed by atoms with E-state index in [0.29, 0.717) is 25.9 Å². The zero-order chi connectivity index (χ0) is 23.1. The lowest BCUT2D eigenvalue weighted by atomic mass is 9.94. The van der Waals surface area contributed by atoms with Gasteiger partial charge in [-0.1, -0.05) is 0 Å². The van der Waals surface area contributed by atoms with Gasteiger partial charge in [-0.25, -0.2) is 0 Å². The number of nitrogens with zero attached hydrogens (tertiary/aromatic N) is 2. The number of rotatable bonds is 7. The van der Waals surface area contributed by atoms with Gasteiger partial charge in [-0.05, 0) is 50.3 Å². The van der Waals surface area contributed by atoms with Crippen molar-refractivity contribution in [1.29, 1.82) is 0 Å². The molecule has 32 heavy (non-hydrogen) atoms. The first-order valence-electron chi connectivity index (χ1n) is 10.6. The van der Waals surface area contributed by atoms with Crippen molar-refractivity contribution in [2.75, 3.05) is 26.2 Å². The first-order chi connectivity index (χ1) is 15.3. The molecule has 0 saturated carbocycles. The number of hydrogen-bond acceptors (Lipinski definition) is 4. The fourth-order valence-corrected chi connectivity index (χ4v) is 4.01. The molecule has 2 saturated heterocycles. The largest absolute Gasteiger partial charge is 0.435 e. The smallest absolute Gasteiger partial charge is 0.387 e. The number of benzene rings is 1. The summed E-state index contributed by atoms with van der Waals surface area (Å²) in [5.74, 6) is -0.973. The summed E-state index contributed by atoms with van der Waals surface area (Å²) in [7, 11) is 0. The molecule has 2 fully saturated rings. The van der Waals surface area contributed by atoms with Crippen LogP contribution in [0.25, 0.3) is 6.08 Å². The Hall–Kier alpha value is -2.78. The monoisotopic (exact) mass is 458 g/mol. The van der Waals surface area contributed by atoms with Crippen molar-refractivity contribution in [2.45, 2.75) is 45.3 Å². The number of ether oxygens (including phenoxy) is 2. The Morgan fingerprint density at radius 1 is 0.906 bits per heavy atom. The van der Waals surface area contributed by atoms with E-state index in [4.69, 9.17) is 0 Å². The van der Waals surface area contributed by atoms with Crippen LogP contribution in [-0.4, -0.2) is 61.0 Å². The third kappa shape index (κ3) is 6.61. The molecule has 2 aliphatic heterocycles. The Morgan fingerprint density at radius 2 is 1.56 bits per heavy atom. The summed E-state index contributed by atoms with van der Waals surface area (Å²) >= 11 is 0. The lowest BCUT2D eigenvalue weighted by molar-refractivity contribution is -0.140. The van der Waals surface area contributed by atoms with Crippen LogP contribution in [0, 0.1) is 5.92 Å². The molecule has 2 amide bonds. The van der Waals surface area contributed by atoms with Gasteiger partial charge in [0.2, 0.25) is 11.8 Å². The molecule has 0 N–H and O–H groups in total. The molecule has 6 nitrogen and oxygen atoms in total.